The zero-order chi connectivity index (χ0) is 12.1. The van der Waals surface area contributed by atoms with Crippen LogP contribution in [0.5, 0.6) is 0 Å². The van der Waals surface area contributed by atoms with Gasteiger partial charge in [-0.15, -0.1) is 0 Å². The Kier molecular flexibility index (Phi) is 4.97. The van der Waals surface area contributed by atoms with Gasteiger partial charge in [0.1, 0.15) is 6.07 Å². The second kappa shape index (κ2) is 6.02. The summed E-state index contributed by atoms with van der Waals surface area (Å²) in [5, 5.41) is 12.1. The number of rotatable bonds is 4. The molecule has 0 aromatic heterocycles. The van der Waals surface area contributed by atoms with Crippen LogP contribution >= 0.6 is 15.9 Å². The number of hydrogen-bond acceptors (Lipinski definition) is 3. The van der Waals surface area contributed by atoms with Gasteiger partial charge >= 0.3 is 0 Å². The zero-order valence-electron chi connectivity index (χ0n) is 9.16. The van der Waals surface area contributed by atoms with Gasteiger partial charge in [-0.05, 0) is 25.1 Å². The predicted octanol–water partition coefficient (Wildman–Crippen LogP) is 2.50. The van der Waals surface area contributed by atoms with Crippen molar-refractivity contribution in [3.8, 4) is 6.07 Å². The lowest BCUT2D eigenvalue weighted by Gasteiger charge is -2.12. The van der Waals surface area contributed by atoms with Crippen LogP contribution in [0.3, 0.4) is 0 Å². The van der Waals surface area contributed by atoms with Gasteiger partial charge in [-0.1, -0.05) is 15.9 Å². The minimum absolute atomic E-state index is 0.0650. The number of nitriles is 1. The lowest BCUT2D eigenvalue weighted by molar-refractivity contribution is 0.679. The van der Waals surface area contributed by atoms with Crippen molar-refractivity contribution in [1.82, 2.24) is 0 Å². The summed E-state index contributed by atoms with van der Waals surface area (Å²) in [4.78, 5) is 0. The Morgan fingerprint density at radius 2 is 2.31 bits per heavy atom. The summed E-state index contributed by atoms with van der Waals surface area (Å²) in [6.45, 7) is 2.51. The monoisotopic (exact) mass is 300 g/mol. The van der Waals surface area contributed by atoms with E-state index < -0.39 is 10.8 Å². The number of hydrogen-bond donors (Lipinski definition) is 1. The molecular weight excluding hydrogens is 288 g/mol. The predicted molar refractivity (Wildman–Crippen MR) is 70.9 cm³/mol. The van der Waals surface area contributed by atoms with Crippen molar-refractivity contribution in [1.29, 1.82) is 5.26 Å². The second-order valence-electron chi connectivity index (χ2n) is 3.49. The Hall–Kier alpha value is -0.860. The Morgan fingerprint density at radius 3 is 2.88 bits per heavy atom. The molecular formula is C11H13BrN2OS. The molecule has 0 aliphatic rings. The van der Waals surface area contributed by atoms with Crippen LogP contribution in [0.2, 0.25) is 0 Å². The molecule has 0 radical (unpaired) electrons. The maximum absolute atomic E-state index is 11.2. The maximum atomic E-state index is 11.2. The van der Waals surface area contributed by atoms with Crippen LogP contribution < -0.4 is 5.32 Å². The summed E-state index contributed by atoms with van der Waals surface area (Å²) in [5.41, 5.74) is 1.37. The molecule has 0 aliphatic heterocycles. The first-order valence-corrected chi connectivity index (χ1v) is 7.21. The maximum Gasteiger partial charge on any atom is 0.101 e. The molecule has 0 spiro atoms. The van der Waals surface area contributed by atoms with Crippen LogP contribution in [0.4, 0.5) is 5.69 Å². The van der Waals surface area contributed by atoms with Gasteiger partial charge in [0, 0.05) is 33.3 Å². The van der Waals surface area contributed by atoms with Gasteiger partial charge in [0.25, 0.3) is 0 Å². The molecule has 0 bridgehead atoms. The van der Waals surface area contributed by atoms with Crippen molar-refractivity contribution < 1.29 is 4.21 Å². The molecule has 1 N–H and O–H groups in total. The van der Waals surface area contributed by atoms with E-state index in [1.165, 1.54) is 0 Å². The molecule has 1 aromatic rings. The standard InChI is InChI=1S/C11H13BrN2OS/c1-8(16(2)15)7-14-11-4-3-10(12)5-9(11)6-13/h3-5,8,14H,7H2,1-2H3. The number of nitrogens with one attached hydrogen (secondary N) is 1. The van der Waals surface area contributed by atoms with Crippen LogP contribution in [0.25, 0.3) is 0 Å². The molecule has 2 unspecified atom stereocenters. The summed E-state index contributed by atoms with van der Waals surface area (Å²) < 4.78 is 12.0. The van der Waals surface area contributed by atoms with Gasteiger partial charge in [0.05, 0.1) is 11.3 Å². The van der Waals surface area contributed by atoms with E-state index in [0.717, 1.165) is 10.2 Å². The largest absolute Gasteiger partial charge is 0.383 e. The van der Waals surface area contributed by atoms with E-state index in [0.29, 0.717) is 12.1 Å². The number of benzene rings is 1. The van der Waals surface area contributed by atoms with Crippen LogP contribution in [-0.2, 0) is 10.8 Å². The molecule has 0 saturated heterocycles. The Bertz CT molecular complexity index is 442. The van der Waals surface area contributed by atoms with E-state index in [4.69, 9.17) is 5.26 Å². The fraction of sp³-hybridized carbons (Fsp3) is 0.364. The smallest absolute Gasteiger partial charge is 0.101 e. The van der Waals surface area contributed by atoms with Gasteiger partial charge in [-0.3, -0.25) is 4.21 Å². The van der Waals surface area contributed by atoms with E-state index in [1.807, 2.05) is 19.1 Å². The van der Waals surface area contributed by atoms with Crippen LogP contribution in [0.1, 0.15) is 12.5 Å². The molecule has 0 aliphatic carbocycles. The van der Waals surface area contributed by atoms with Gasteiger partial charge in [0.15, 0.2) is 0 Å². The van der Waals surface area contributed by atoms with Crippen LogP contribution in [0.15, 0.2) is 22.7 Å². The summed E-state index contributed by atoms with van der Waals surface area (Å²) in [5.74, 6) is 0. The van der Waals surface area contributed by atoms with Gasteiger partial charge in [0.2, 0.25) is 0 Å². The highest BCUT2D eigenvalue weighted by molar-refractivity contribution is 9.10. The van der Waals surface area contributed by atoms with Gasteiger partial charge < -0.3 is 5.32 Å². The topological polar surface area (TPSA) is 52.9 Å². The van der Waals surface area contributed by atoms with Crippen molar-refractivity contribution in [2.75, 3.05) is 18.1 Å². The Morgan fingerprint density at radius 1 is 1.62 bits per heavy atom. The van der Waals surface area contributed by atoms with Crippen molar-refractivity contribution in [2.24, 2.45) is 0 Å². The second-order valence-corrected chi connectivity index (χ2v) is 6.21. The minimum atomic E-state index is -0.852. The first-order valence-electron chi connectivity index (χ1n) is 4.80. The third kappa shape index (κ3) is 3.62. The van der Waals surface area contributed by atoms with E-state index in [2.05, 4.69) is 27.3 Å². The normalized spacial score (nSPS) is 13.9. The number of nitrogens with zero attached hydrogens (tertiary/aromatic N) is 1. The summed E-state index contributed by atoms with van der Waals surface area (Å²) in [6, 6.07) is 7.59. The lowest BCUT2D eigenvalue weighted by Crippen LogP contribution is -2.21. The van der Waals surface area contributed by atoms with Crippen molar-refractivity contribution in [2.45, 2.75) is 12.2 Å². The highest BCUT2D eigenvalue weighted by atomic mass is 79.9. The lowest BCUT2D eigenvalue weighted by atomic mass is 10.2. The minimum Gasteiger partial charge on any atom is -0.383 e. The van der Waals surface area contributed by atoms with E-state index in [-0.39, 0.29) is 5.25 Å². The highest BCUT2D eigenvalue weighted by Gasteiger charge is 2.07. The average Bonchev–Trinajstić information content (AvgIpc) is 2.26. The van der Waals surface area contributed by atoms with E-state index in [9.17, 15) is 4.21 Å². The van der Waals surface area contributed by atoms with Crippen LogP contribution in [0, 0.1) is 11.3 Å². The average molecular weight is 301 g/mol. The Labute approximate surface area is 106 Å². The Balaban J connectivity index is 2.75. The molecule has 0 heterocycles. The van der Waals surface area contributed by atoms with Crippen molar-refractivity contribution in [3.05, 3.63) is 28.2 Å². The van der Waals surface area contributed by atoms with Gasteiger partial charge in [-0.25, -0.2) is 0 Å². The van der Waals surface area contributed by atoms with E-state index >= 15 is 0 Å². The molecule has 0 amide bonds. The highest BCUT2D eigenvalue weighted by Crippen LogP contribution is 2.20. The fourth-order valence-corrected chi connectivity index (χ4v) is 1.81. The molecule has 2 atom stereocenters. The molecule has 16 heavy (non-hydrogen) atoms. The first kappa shape index (κ1) is 13.2. The molecule has 0 fully saturated rings. The van der Waals surface area contributed by atoms with Crippen LogP contribution in [-0.4, -0.2) is 22.3 Å². The fourth-order valence-electron chi connectivity index (χ4n) is 1.13. The molecule has 5 heteroatoms. The van der Waals surface area contributed by atoms with Crippen molar-refractivity contribution in [3.63, 3.8) is 0 Å². The summed E-state index contributed by atoms with van der Waals surface area (Å²) in [6.07, 6.45) is 1.68. The number of anilines is 1. The first-order chi connectivity index (χ1) is 7.54. The molecule has 3 nitrogen and oxygen atoms in total. The molecule has 0 saturated carbocycles. The molecule has 1 aromatic carbocycles. The summed E-state index contributed by atoms with van der Waals surface area (Å²) >= 11 is 3.31. The van der Waals surface area contributed by atoms with E-state index in [1.54, 1.807) is 12.3 Å². The molecule has 86 valence electrons. The quantitative estimate of drug-likeness (QED) is 0.929. The SMILES string of the molecule is CC(CNc1ccc(Br)cc1C#N)S(C)=O. The third-order valence-electron chi connectivity index (χ3n) is 2.25. The zero-order valence-corrected chi connectivity index (χ0v) is 11.6. The summed E-state index contributed by atoms with van der Waals surface area (Å²) in [7, 11) is -0.852. The molecule has 1 rings (SSSR count). The van der Waals surface area contributed by atoms with Gasteiger partial charge in [-0.2, -0.15) is 5.26 Å². The third-order valence-corrected chi connectivity index (χ3v) is 4.04. The van der Waals surface area contributed by atoms with Crippen molar-refractivity contribution >= 4 is 32.4 Å². The number of halogens is 1.